The predicted molar refractivity (Wildman–Crippen MR) is 74.1 cm³/mol. The van der Waals surface area contributed by atoms with Gasteiger partial charge in [0.2, 0.25) is 5.91 Å². The Morgan fingerprint density at radius 2 is 1.50 bits per heavy atom. The molecule has 0 aromatic heterocycles. The SMILES string of the molecule is NC(=O)c1cccc(N=Nc2ccccc2)c1C(N)=O. The molecule has 2 amide bonds. The quantitative estimate of drug-likeness (QED) is 0.829. The van der Waals surface area contributed by atoms with E-state index in [1.807, 2.05) is 18.2 Å². The number of nitrogens with zero attached hydrogens (tertiary/aromatic N) is 2. The number of hydrogen-bond acceptors (Lipinski definition) is 4. The van der Waals surface area contributed by atoms with Crippen molar-refractivity contribution < 1.29 is 9.59 Å². The summed E-state index contributed by atoms with van der Waals surface area (Å²) in [7, 11) is 0. The molecule has 0 atom stereocenters. The van der Waals surface area contributed by atoms with E-state index in [9.17, 15) is 9.59 Å². The maximum absolute atomic E-state index is 11.5. The molecule has 6 nitrogen and oxygen atoms in total. The highest BCUT2D eigenvalue weighted by Crippen LogP contribution is 2.24. The number of amides is 2. The first-order chi connectivity index (χ1) is 9.59. The fraction of sp³-hybridized carbons (Fsp3) is 0. The zero-order valence-corrected chi connectivity index (χ0v) is 10.5. The molecule has 0 saturated carbocycles. The van der Waals surface area contributed by atoms with Crippen LogP contribution in [0.2, 0.25) is 0 Å². The molecule has 2 rings (SSSR count). The second-order valence-electron chi connectivity index (χ2n) is 3.96. The van der Waals surface area contributed by atoms with Crippen LogP contribution in [0.15, 0.2) is 58.8 Å². The molecule has 0 radical (unpaired) electrons. The van der Waals surface area contributed by atoms with E-state index in [0.717, 1.165) is 0 Å². The van der Waals surface area contributed by atoms with Gasteiger partial charge >= 0.3 is 0 Å². The molecule has 2 aromatic carbocycles. The molecule has 0 unspecified atom stereocenters. The lowest BCUT2D eigenvalue weighted by Crippen LogP contribution is -2.20. The van der Waals surface area contributed by atoms with E-state index < -0.39 is 11.8 Å². The molecule has 100 valence electrons. The van der Waals surface area contributed by atoms with Crippen molar-refractivity contribution in [1.29, 1.82) is 0 Å². The molecular weight excluding hydrogens is 256 g/mol. The van der Waals surface area contributed by atoms with Crippen molar-refractivity contribution in [1.82, 2.24) is 0 Å². The monoisotopic (exact) mass is 268 g/mol. The van der Waals surface area contributed by atoms with Crippen LogP contribution < -0.4 is 11.5 Å². The number of azo groups is 1. The third-order valence-electron chi connectivity index (χ3n) is 2.58. The summed E-state index contributed by atoms with van der Waals surface area (Å²) in [6.07, 6.45) is 0. The van der Waals surface area contributed by atoms with E-state index in [0.29, 0.717) is 5.69 Å². The summed E-state index contributed by atoms with van der Waals surface area (Å²) in [5.74, 6) is -1.52. The van der Waals surface area contributed by atoms with Crippen molar-refractivity contribution in [2.75, 3.05) is 0 Å². The maximum atomic E-state index is 11.5. The van der Waals surface area contributed by atoms with Gasteiger partial charge in [-0.3, -0.25) is 9.59 Å². The summed E-state index contributed by atoms with van der Waals surface area (Å²) in [5.41, 5.74) is 11.3. The van der Waals surface area contributed by atoms with Crippen molar-refractivity contribution in [2.24, 2.45) is 21.7 Å². The van der Waals surface area contributed by atoms with Gasteiger partial charge < -0.3 is 11.5 Å². The number of nitrogens with two attached hydrogens (primary N) is 2. The van der Waals surface area contributed by atoms with Crippen LogP contribution >= 0.6 is 0 Å². The van der Waals surface area contributed by atoms with Gasteiger partial charge in [-0.15, -0.1) is 5.11 Å². The number of hydrogen-bond donors (Lipinski definition) is 2. The summed E-state index contributed by atoms with van der Waals surface area (Å²) in [6, 6.07) is 13.5. The Balaban J connectivity index is 2.47. The van der Waals surface area contributed by atoms with Gasteiger partial charge in [0.05, 0.1) is 22.5 Å². The van der Waals surface area contributed by atoms with Crippen LogP contribution in [0, 0.1) is 0 Å². The Morgan fingerprint density at radius 3 is 2.10 bits per heavy atom. The van der Waals surface area contributed by atoms with Crippen molar-refractivity contribution in [3.8, 4) is 0 Å². The minimum atomic E-state index is -0.776. The van der Waals surface area contributed by atoms with Crippen LogP contribution in [0.1, 0.15) is 20.7 Å². The molecule has 0 fully saturated rings. The summed E-state index contributed by atoms with van der Waals surface area (Å²) in [4.78, 5) is 22.8. The topological polar surface area (TPSA) is 111 Å². The molecule has 20 heavy (non-hydrogen) atoms. The Morgan fingerprint density at radius 1 is 0.800 bits per heavy atom. The number of benzene rings is 2. The van der Waals surface area contributed by atoms with Gasteiger partial charge in [0, 0.05) is 0 Å². The predicted octanol–water partition coefficient (Wildman–Crippen LogP) is 2.30. The third-order valence-corrected chi connectivity index (χ3v) is 2.58. The lowest BCUT2D eigenvalue weighted by atomic mass is 10.0. The van der Waals surface area contributed by atoms with E-state index in [1.54, 1.807) is 24.3 Å². The third kappa shape index (κ3) is 2.86. The fourth-order valence-electron chi connectivity index (χ4n) is 1.69. The standard InChI is InChI=1S/C14H12N4O2/c15-13(19)10-7-4-8-11(12(10)14(16)20)18-17-9-5-2-1-3-6-9/h1-8H,(H2,15,19)(H2,16,20). The molecule has 0 saturated heterocycles. The van der Waals surface area contributed by atoms with Crippen LogP contribution in [-0.2, 0) is 0 Å². The lowest BCUT2D eigenvalue weighted by molar-refractivity contribution is 0.0967. The largest absolute Gasteiger partial charge is 0.366 e. The first kappa shape index (κ1) is 13.4. The van der Waals surface area contributed by atoms with Gasteiger partial charge in [0.15, 0.2) is 0 Å². The Bertz CT molecular complexity index is 681. The zero-order chi connectivity index (χ0) is 14.5. The van der Waals surface area contributed by atoms with Crippen molar-refractivity contribution in [3.63, 3.8) is 0 Å². The molecule has 0 aliphatic rings. The minimum absolute atomic E-state index is 0.0281. The van der Waals surface area contributed by atoms with Crippen LogP contribution in [0.4, 0.5) is 11.4 Å². The van der Waals surface area contributed by atoms with E-state index in [4.69, 9.17) is 11.5 Å². The average Bonchev–Trinajstić information content (AvgIpc) is 2.45. The lowest BCUT2D eigenvalue weighted by Gasteiger charge is -2.05. The van der Waals surface area contributed by atoms with E-state index in [2.05, 4.69) is 10.2 Å². The molecule has 2 aromatic rings. The molecule has 0 aliphatic heterocycles. The Hall–Kier alpha value is -3.02. The van der Waals surface area contributed by atoms with Crippen molar-refractivity contribution in [2.45, 2.75) is 0 Å². The fourth-order valence-corrected chi connectivity index (χ4v) is 1.69. The molecule has 0 aliphatic carbocycles. The molecule has 4 N–H and O–H groups in total. The number of carbonyl (C=O) groups is 2. The highest BCUT2D eigenvalue weighted by Gasteiger charge is 2.17. The normalized spacial score (nSPS) is 10.6. The van der Waals surface area contributed by atoms with Crippen molar-refractivity contribution >= 4 is 23.2 Å². The molecule has 0 heterocycles. The van der Waals surface area contributed by atoms with E-state index in [1.165, 1.54) is 6.07 Å². The van der Waals surface area contributed by atoms with Gasteiger partial charge in [0.1, 0.15) is 0 Å². The summed E-state index contributed by atoms with van der Waals surface area (Å²) in [5, 5.41) is 7.94. The summed E-state index contributed by atoms with van der Waals surface area (Å²) in [6.45, 7) is 0. The second kappa shape index (κ2) is 5.75. The summed E-state index contributed by atoms with van der Waals surface area (Å²) < 4.78 is 0. The van der Waals surface area contributed by atoms with Crippen LogP contribution in [0.5, 0.6) is 0 Å². The number of primary amides is 2. The van der Waals surface area contributed by atoms with Gasteiger partial charge in [-0.05, 0) is 24.3 Å². The molecule has 0 spiro atoms. The molecule has 0 bridgehead atoms. The van der Waals surface area contributed by atoms with Crippen LogP contribution in [0.3, 0.4) is 0 Å². The highest BCUT2D eigenvalue weighted by atomic mass is 16.2. The maximum Gasteiger partial charge on any atom is 0.251 e. The van der Waals surface area contributed by atoms with Gasteiger partial charge in [-0.1, -0.05) is 24.3 Å². The van der Waals surface area contributed by atoms with E-state index >= 15 is 0 Å². The minimum Gasteiger partial charge on any atom is -0.366 e. The first-order valence-corrected chi connectivity index (χ1v) is 5.79. The van der Waals surface area contributed by atoms with Crippen LogP contribution in [0.25, 0.3) is 0 Å². The number of rotatable bonds is 4. The highest BCUT2D eigenvalue weighted by molar-refractivity contribution is 6.09. The smallest absolute Gasteiger partial charge is 0.251 e. The first-order valence-electron chi connectivity index (χ1n) is 5.79. The Kier molecular flexibility index (Phi) is 3.85. The molecule has 6 heteroatoms. The van der Waals surface area contributed by atoms with E-state index in [-0.39, 0.29) is 16.8 Å². The van der Waals surface area contributed by atoms with Gasteiger partial charge in [0.25, 0.3) is 5.91 Å². The average molecular weight is 268 g/mol. The second-order valence-corrected chi connectivity index (χ2v) is 3.96. The van der Waals surface area contributed by atoms with Crippen molar-refractivity contribution in [3.05, 3.63) is 59.7 Å². The Labute approximate surface area is 115 Å². The van der Waals surface area contributed by atoms with Gasteiger partial charge in [-0.25, -0.2) is 0 Å². The zero-order valence-electron chi connectivity index (χ0n) is 10.5. The number of carbonyl (C=O) groups excluding carboxylic acids is 2. The summed E-state index contributed by atoms with van der Waals surface area (Å²) >= 11 is 0. The van der Waals surface area contributed by atoms with Crippen LogP contribution in [-0.4, -0.2) is 11.8 Å². The molecular formula is C14H12N4O2. The van der Waals surface area contributed by atoms with Gasteiger partial charge in [-0.2, -0.15) is 5.11 Å².